The van der Waals surface area contributed by atoms with Gasteiger partial charge >= 0.3 is 0 Å². The summed E-state index contributed by atoms with van der Waals surface area (Å²) in [5.41, 5.74) is 3.15. The second kappa shape index (κ2) is 6.88. The van der Waals surface area contributed by atoms with Gasteiger partial charge in [-0.2, -0.15) is 4.39 Å². The number of halogens is 1. The number of hydrogen-bond acceptors (Lipinski definition) is 2. The van der Waals surface area contributed by atoms with Gasteiger partial charge in [0.25, 0.3) is 0 Å². The monoisotopic (exact) mass is 286 g/mol. The van der Waals surface area contributed by atoms with Crippen molar-refractivity contribution in [3.05, 3.63) is 54.4 Å². The number of fused-ring (bicyclic) bond motifs is 1. The van der Waals surface area contributed by atoms with Gasteiger partial charge in [-0.15, -0.1) is 0 Å². The molecular formula is C17H19FN2O. The summed E-state index contributed by atoms with van der Waals surface area (Å²) in [6, 6.07) is 7.99. The van der Waals surface area contributed by atoms with Crippen LogP contribution in [-0.4, -0.2) is 18.1 Å². The first-order valence-electron chi connectivity index (χ1n) is 6.85. The zero-order valence-corrected chi connectivity index (χ0v) is 12.3. The number of nitrogens with one attached hydrogen (secondary N) is 1. The molecule has 3 nitrogen and oxygen atoms in total. The quantitative estimate of drug-likeness (QED) is 0.776. The van der Waals surface area contributed by atoms with Crippen LogP contribution in [0.2, 0.25) is 0 Å². The number of benzene rings is 1. The van der Waals surface area contributed by atoms with Crippen molar-refractivity contribution in [2.45, 2.75) is 19.8 Å². The Hall–Kier alpha value is -2.36. The van der Waals surface area contributed by atoms with Gasteiger partial charge in [0.05, 0.1) is 7.11 Å². The molecule has 0 aliphatic heterocycles. The Labute approximate surface area is 123 Å². The topological polar surface area (TPSA) is 37.4 Å². The Morgan fingerprint density at radius 2 is 2.24 bits per heavy atom. The molecule has 0 radical (unpaired) electrons. The summed E-state index contributed by atoms with van der Waals surface area (Å²) in [7, 11) is 1.65. The van der Waals surface area contributed by atoms with Gasteiger partial charge in [0.15, 0.2) is 0 Å². The first-order chi connectivity index (χ1) is 10.2. The highest BCUT2D eigenvalue weighted by atomic mass is 19.1. The number of aromatic amines is 1. The molecule has 4 heteroatoms. The van der Waals surface area contributed by atoms with Crippen LogP contribution in [0.25, 0.3) is 10.9 Å². The average molecular weight is 286 g/mol. The molecule has 21 heavy (non-hydrogen) atoms. The van der Waals surface area contributed by atoms with E-state index in [1.165, 1.54) is 0 Å². The Morgan fingerprint density at radius 3 is 2.90 bits per heavy atom. The normalized spacial score (nSPS) is 12.7. The number of rotatable bonds is 6. The van der Waals surface area contributed by atoms with Gasteiger partial charge in [0.2, 0.25) is 5.97 Å². The van der Waals surface area contributed by atoms with Crippen LogP contribution in [-0.2, 0) is 6.42 Å². The number of ether oxygens (including phenoxy) is 1. The first kappa shape index (κ1) is 15.0. The first-order valence-corrected chi connectivity index (χ1v) is 6.85. The van der Waals surface area contributed by atoms with E-state index in [9.17, 15) is 4.39 Å². The van der Waals surface area contributed by atoms with Crippen molar-refractivity contribution in [3.8, 4) is 5.75 Å². The fourth-order valence-electron chi connectivity index (χ4n) is 2.10. The van der Waals surface area contributed by atoms with Gasteiger partial charge < -0.3 is 9.72 Å². The van der Waals surface area contributed by atoms with Gasteiger partial charge in [-0.25, -0.2) is 4.99 Å². The maximum atomic E-state index is 13.0. The van der Waals surface area contributed by atoms with E-state index in [-0.39, 0.29) is 0 Å². The summed E-state index contributed by atoms with van der Waals surface area (Å²) >= 11 is 0. The van der Waals surface area contributed by atoms with E-state index in [1.807, 2.05) is 25.1 Å². The second-order valence-corrected chi connectivity index (χ2v) is 4.72. The average Bonchev–Trinajstić information content (AvgIpc) is 2.91. The van der Waals surface area contributed by atoms with Gasteiger partial charge in [0, 0.05) is 29.9 Å². The minimum Gasteiger partial charge on any atom is -0.497 e. The van der Waals surface area contributed by atoms with Crippen LogP contribution in [0, 0.1) is 0 Å². The third-order valence-corrected chi connectivity index (χ3v) is 3.30. The van der Waals surface area contributed by atoms with Crippen LogP contribution in [0.1, 0.15) is 19.0 Å². The minimum absolute atomic E-state index is 0.567. The predicted octanol–water partition coefficient (Wildman–Crippen LogP) is 4.57. The molecule has 1 aromatic heterocycles. The van der Waals surface area contributed by atoms with E-state index in [2.05, 4.69) is 22.6 Å². The van der Waals surface area contributed by atoms with Crippen LogP contribution >= 0.6 is 0 Å². The molecule has 0 bridgehead atoms. The van der Waals surface area contributed by atoms with Crippen molar-refractivity contribution >= 4 is 16.9 Å². The number of methoxy groups -OCH3 is 1. The van der Waals surface area contributed by atoms with Gasteiger partial charge in [-0.1, -0.05) is 13.5 Å². The molecule has 0 aliphatic rings. The molecule has 1 N–H and O–H groups in total. The summed E-state index contributed by atoms with van der Waals surface area (Å²) in [6.45, 7) is 5.37. The van der Waals surface area contributed by atoms with Gasteiger partial charge in [-0.05, 0) is 41.7 Å². The van der Waals surface area contributed by atoms with Crippen molar-refractivity contribution < 1.29 is 9.13 Å². The molecule has 0 aliphatic carbocycles. The molecular weight excluding hydrogens is 267 g/mol. The number of hydrogen-bond donors (Lipinski definition) is 1. The van der Waals surface area contributed by atoms with Gasteiger partial charge in [0.1, 0.15) is 5.75 Å². The van der Waals surface area contributed by atoms with Crippen LogP contribution in [0.5, 0.6) is 5.75 Å². The van der Waals surface area contributed by atoms with Crippen LogP contribution in [0.3, 0.4) is 0 Å². The molecule has 0 atom stereocenters. The number of allylic oxidation sites excluding steroid dienone is 2. The molecule has 0 saturated carbocycles. The van der Waals surface area contributed by atoms with Crippen molar-refractivity contribution in [2.24, 2.45) is 4.99 Å². The molecule has 0 unspecified atom stereocenters. The van der Waals surface area contributed by atoms with E-state index in [0.29, 0.717) is 6.42 Å². The van der Waals surface area contributed by atoms with E-state index >= 15 is 0 Å². The second-order valence-electron chi connectivity index (χ2n) is 4.72. The highest BCUT2D eigenvalue weighted by Gasteiger charge is 2.04. The lowest BCUT2D eigenvalue weighted by atomic mass is 10.1. The predicted molar refractivity (Wildman–Crippen MR) is 85.7 cm³/mol. The minimum atomic E-state index is -0.567. The summed E-state index contributed by atoms with van der Waals surface area (Å²) < 4.78 is 18.2. The molecule has 110 valence electrons. The van der Waals surface area contributed by atoms with Crippen LogP contribution < -0.4 is 4.74 Å². The summed E-state index contributed by atoms with van der Waals surface area (Å²) in [5.74, 6) is 0.252. The van der Waals surface area contributed by atoms with E-state index < -0.39 is 5.97 Å². The van der Waals surface area contributed by atoms with Crippen LogP contribution in [0.4, 0.5) is 4.39 Å². The maximum Gasteiger partial charge on any atom is 0.212 e. The van der Waals surface area contributed by atoms with Gasteiger partial charge in [-0.3, -0.25) is 0 Å². The third kappa shape index (κ3) is 3.81. The number of aromatic nitrogens is 1. The lowest BCUT2D eigenvalue weighted by molar-refractivity contribution is 0.415. The lowest BCUT2D eigenvalue weighted by Gasteiger charge is -2.01. The Morgan fingerprint density at radius 1 is 1.43 bits per heavy atom. The number of nitrogens with zero attached hydrogens (tertiary/aromatic N) is 1. The van der Waals surface area contributed by atoms with Crippen molar-refractivity contribution in [1.82, 2.24) is 4.98 Å². The van der Waals surface area contributed by atoms with Crippen molar-refractivity contribution in [2.75, 3.05) is 7.11 Å². The lowest BCUT2D eigenvalue weighted by Crippen LogP contribution is -1.90. The number of aliphatic imine (C=N–C) groups is 1. The molecule has 2 rings (SSSR count). The van der Waals surface area contributed by atoms with E-state index in [0.717, 1.165) is 40.4 Å². The smallest absolute Gasteiger partial charge is 0.212 e. The molecule has 0 saturated heterocycles. The number of H-pyrrole nitrogens is 1. The summed E-state index contributed by atoms with van der Waals surface area (Å²) in [6.07, 6.45) is 4.19. The van der Waals surface area contributed by atoms with Crippen molar-refractivity contribution in [1.29, 1.82) is 0 Å². The maximum absolute atomic E-state index is 13.0. The van der Waals surface area contributed by atoms with Crippen molar-refractivity contribution in [3.63, 3.8) is 0 Å². The zero-order chi connectivity index (χ0) is 15.2. The molecule has 1 aromatic carbocycles. The third-order valence-electron chi connectivity index (χ3n) is 3.30. The molecule has 1 heterocycles. The molecule has 0 spiro atoms. The largest absolute Gasteiger partial charge is 0.497 e. The van der Waals surface area contributed by atoms with E-state index in [1.54, 1.807) is 13.3 Å². The molecule has 0 amide bonds. The summed E-state index contributed by atoms with van der Waals surface area (Å²) in [4.78, 5) is 7.08. The standard InChI is InChI=1S/C17H19FN2O/c1-4-12(11-19-17(18)5-2)8-14-9-13-6-7-15(21-3)10-16(13)20-14/h5-7,9-11,20H,2,4,8H2,1,3H3/b12-11+,19-17?. The highest BCUT2D eigenvalue weighted by molar-refractivity contribution is 5.86. The van der Waals surface area contributed by atoms with Crippen LogP contribution in [0.15, 0.2) is 53.7 Å². The molecule has 0 fully saturated rings. The Bertz CT molecular complexity index is 698. The summed E-state index contributed by atoms with van der Waals surface area (Å²) in [5, 5.41) is 1.13. The zero-order valence-electron chi connectivity index (χ0n) is 12.3. The highest BCUT2D eigenvalue weighted by Crippen LogP contribution is 2.23. The molecule has 2 aromatic rings. The fourth-order valence-corrected chi connectivity index (χ4v) is 2.10. The Kier molecular flexibility index (Phi) is 4.93. The Balaban J connectivity index is 2.23. The fraction of sp³-hybridized carbons (Fsp3) is 0.235. The van der Waals surface area contributed by atoms with E-state index in [4.69, 9.17) is 4.74 Å². The SMILES string of the molecule is C=CC(F)=N/C=C(\CC)Cc1cc2ccc(OC)cc2[nH]1.